The van der Waals surface area contributed by atoms with Crippen LogP contribution in [0.25, 0.3) is 0 Å². The lowest BCUT2D eigenvalue weighted by molar-refractivity contribution is -0.150. The summed E-state index contributed by atoms with van der Waals surface area (Å²) in [5.74, 6) is -0.117. The van der Waals surface area contributed by atoms with Crippen LogP contribution in [0.15, 0.2) is 0 Å². The van der Waals surface area contributed by atoms with E-state index >= 15 is 0 Å². The van der Waals surface area contributed by atoms with E-state index in [-0.39, 0.29) is 0 Å². The summed E-state index contributed by atoms with van der Waals surface area (Å²) < 4.78 is 0. The molecule has 0 aromatic rings. The summed E-state index contributed by atoms with van der Waals surface area (Å²) in [6.45, 7) is 8.19. The average Bonchev–Trinajstić information content (AvgIpc) is 2.13. The van der Waals surface area contributed by atoms with Crippen LogP contribution in [0.4, 0.5) is 0 Å². The molecule has 0 bridgehead atoms. The predicted octanol–water partition coefficient (Wildman–Crippen LogP) is 3.31. The van der Waals surface area contributed by atoms with Crippen LogP contribution < -0.4 is 0 Å². The summed E-state index contributed by atoms with van der Waals surface area (Å²) in [5.41, 5.74) is -0.477. The van der Waals surface area contributed by atoms with Crippen LogP contribution in [-0.4, -0.2) is 11.1 Å². The minimum Gasteiger partial charge on any atom is -0.481 e. The van der Waals surface area contributed by atoms with E-state index in [1.54, 1.807) is 0 Å². The van der Waals surface area contributed by atoms with Crippen LogP contribution in [-0.2, 0) is 4.79 Å². The topological polar surface area (TPSA) is 37.3 Å². The van der Waals surface area contributed by atoms with Gasteiger partial charge < -0.3 is 5.11 Å². The quantitative estimate of drug-likeness (QED) is 0.691. The summed E-state index contributed by atoms with van der Waals surface area (Å²) in [5, 5.41) is 9.17. The number of carbonyl (C=O) groups is 1. The van der Waals surface area contributed by atoms with Gasteiger partial charge in [-0.3, -0.25) is 4.79 Å². The van der Waals surface area contributed by atoms with Gasteiger partial charge in [-0.05, 0) is 25.2 Å². The molecule has 0 aliphatic heterocycles. The van der Waals surface area contributed by atoms with Gasteiger partial charge in [0, 0.05) is 0 Å². The molecule has 1 N–H and O–H groups in total. The monoisotopic (exact) mass is 186 g/mol. The van der Waals surface area contributed by atoms with E-state index < -0.39 is 11.4 Å². The normalized spacial score (nSPS) is 14.2. The molecule has 2 heteroatoms. The van der Waals surface area contributed by atoms with E-state index in [0.717, 1.165) is 25.7 Å². The van der Waals surface area contributed by atoms with Crippen LogP contribution in [0.3, 0.4) is 0 Å². The van der Waals surface area contributed by atoms with Gasteiger partial charge in [0.05, 0.1) is 5.41 Å². The summed E-state index contributed by atoms with van der Waals surface area (Å²) in [6, 6.07) is 0. The molecule has 0 saturated heterocycles. The third-order valence-electron chi connectivity index (χ3n) is 3.24. The first-order valence-corrected chi connectivity index (χ1v) is 5.25. The van der Waals surface area contributed by atoms with E-state index in [0.29, 0.717) is 5.92 Å². The standard InChI is InChI=1S/C11H22O2/c1-5-9(4)8-11(6-2,7-3)10(12)13/h9H,5-8H2,1-4H3,(H,12,13). The molecule has 1 atom stereocenters. The van der Waals surface area contributed by atoms with Crippen LogP contribution >= 0.6 is 0 Å². The second kappa shape index (κ2) is 5.25. The molecule has 0 radical (unpaired) electrons. The maximum absolute atomic E-state index is 11.1. The highest BCUT2D eigenvalue weighted by Gasteiger charge is 2.35. The number of carboxylic acid groups (broad SMARTS) is 1. The van der Waals surface area contributed by atoms with Crippen molar-refractivity contribution in [2.45, 2.75) is 53.4 Å². The van der Waals surface area contributed by atoms with E-state index in [1.165, 1.54) is 0 Å². The van der Waals surface area contributed by atoms with Crippen molar-refractivity contribution in [2.75, 3.05) is 0 Å². The zero-order valence-electron chi connectivity index (χ0n) is 9.26. The first-order valence-electron chi connectivity index (χ1n) is 5.25. The number of hydrogen-bond donors (Lipinski definition) is 1. The van der Waals surface area contributed by atoms with Gasteiger partial charge in [0.2, 0.25) is 0 Å². The van der Waals surface area contributed by atoms with Gasteiger partial charge in [-0.2, -0.15) is 0 Å². The molecule has 0 aliphatic carbocycles. The fraction of sp³-hybridized carbons (Fsp3) is 0.909. The molecule has 1 unspecified atom stereocenters. The lowest BCUT2D eigenvalue weighted by atomic mass is 9.75. The largest absolute Gasteiger partial charge is 0.481 e. The Morgan fingerprint density at radius 1 is 1.31 bits per heavy atom. The molecule has 0 amide bonds. The highest BCUT2D eigenvalue weighted by Crippen LogP contribution is 2.35. The zero-order chi connectivity index (χ0) is 10.5. The molecule has 0 heterocycles. The SMILES string of the molecule is CCC(C)CC(CC)(CC)C(=O)O. The smallest absolute Gasteiger partial charge is 0.309 e. The Kier molecular flexibility index (Phi) is 5.04. The minimum absolute atomic E-state index is 0.477. The predicted molar refractivity (Wildman–Crippen MR) is 54.7 cm³/mol. The van der Waals surface area contributed by atoms with Crippen LogP contribution in [0, 0.1) is 11.3 Å². The van der Waals surface area contributed by atoms with Crippen molar-refractivity contribution in [3.05, 3.63) is 0 Å². The second-order valence-electron chi connectivity index (χ2n) is 4.01. The molecule has 13 heavy (non-hydrogen) atoms. The van der Waals surface area contributed by atoms with Crippen molar-refractivity contribution in [1.82, 2.24) is 0 Å². The Labute approximate surface area is 81.3 Å². The van der Waals surface area contributed by atoms with E-state index in [4.69, 9.17) is 5.11 Å². The van der Waals surface area contributed by atoms with Gasteiger partial charge in [0.1, 0.15) is 0 Å². The van der Waals surface area contributed by atoms with Gasteiger partial charge in [-0.15, -0.1) is 0 Å². The summed E-state index contributed by atoms with van der Waals surface area (Å²) in [4.78, 5) is 11.1. The number of hydrogen-bond acceptors (Lipinski definition) is 1. The van der Waals surface area contributed by atoms with Crippen LogP contribution in [0.1, 0.15) is 53.4 Å². The van der Waals surface area contributed by atoms with Gasteiger partial charge >= 0.3 is 5.97 Å². The number of aliphatic carboxylic acids is 1. The molecule has 0 saturated carbocycles. The minimum atomic E-state index is -0.627. The Balaban J connectivity index is 4.48. The Morgan fingerprint density at radius 2 is 1.77 bits per heavy atom. The highest BCUT2D eigenvalue weighted by atomic mass is 16.4. The number of rotatable bonds is 6. The van der Waals surface area contributed by atoms with Gasteiger partial charge in [0.25, 0.3) is 0 Å². The van der Waals surface area contributed by atoms with Crippen LogP contribution in [0.5, 0.6) is 0 Å². The lowest BCUT2D eigenvalue weighted by Crippen LogP contribution is -2.31. The summed E-state index contributed by atoms with van der Waals surface area (Å²) >= 11 is 0. The summed E-state index contributed by atoms with van der Waals surface area (Å²) in [7, 11) is 0. The molecular formula is C11H22O2. The van der Waals surface area contributed by atoms with Crippen molar-refractivity contribution in [3.8, 4) is 0 Å². The highest BCUT2D eigenvalue weighted by molar-refractivity contribution is 5.74. The Morgan fingerprint density at radius 3 is 2.00 bits per heavy atom. The van der Waals surface area contributed by atoms with Crippen molar-refractivity contribution in [3.63, 3.8) is 0 Å². The average molecular weight is 186 g/mol. The van der Waals surface area contributed by atoms with Gasteiger partial charge in [0.15, 0.2) is 0 Å². The maximum atomic E-state index is 11.1. The van der Waals surface area contributed by atoms with E-state index in [9.17, 15) is 4.79 Å². The molecule has 0 aromatic heterocycles. The molecule has 0 aromatic carbocycles. The lowest BCUT2D eigenvalue weighted by Gasteiger charge is -2.29. The molecule has 0 aliphatic rings. The van der Waals surface area contributed by atoms with Crippen molar-refractivity contribution in [1.29, 1.82) is 0 Å². The van der Waals surface area contributed by atoms with Gasteiger partial charge in [-0.25, -0.2) is 0 Å². The molecule has 0 spiro atoms. The van der Waals surface area contributed by atoms with Crippen molar-refractivity contribution >= 4 is 5.97 Å². The first-order chi connectivity index (χ1) is 6.02. The zero-order valence-corrected chi connectivity index (χ0v) is 9.26. The number of carboxylic acids is 1. The van der Waals surface area contributed by atoms with E-state index in [2.05, 4.69) is 13.8 Å². The Hall–Kier alpha value is -0.530. The molecule has 0 fully saturated rings. The molecular weight excluding hydrogens is 164 g/mol. The maximum Gasteiger partial charge on any atom is 0.309 e. The van der Waals surface area contributed by atoms with E-state index in [1.807, 2.05) is 13.8 Å². The molecule has 2 nitrogen and oxygen atoms in total. The van der Waals surface area contributed by atoms with Gasteiger partial charge in [-0.1, -0.05) is 34.1 Å². The first kappa shape index (κ1) is 12.5. The third kappa shape index (κ3) is 3.02. The van der Waals surface area contributed by atoms with Crippen molar-refractivity contribution in [2.24, 2.45) is 11.3 Å². The third-order valence-corrected chi connectivity index (χ3v) is 3.24. The summed E-state index contributed by atoms with van der Waals surface area (Å²) in [6.07, 6.45) is 3.35. The Bertz CT molecular complexity index is 159. The fourth-order valence-corrected chi connectivity index (χ4v) is 1.74. The fourth-order valence-electron chi connectivity index (χ4n) is 1.74. The molecule has 0 rings (SSSR count). The molecule has 78 valence electrons. The van der Waals surface area contributed by atoms with Crippen molar-refractivity contribution < 1.29 is 9.90 Å². The second-order valence-corrected chi connectivity index (χ2v) is 4.01. The van der Waals surface area contributed by atoms with Crippen LogP contribution in [0.2, 0.25) is 0 Å².